The fourth-order valence-electron chi connectivity index (χ4n) is 0. The van der Waals surface area contributed by atoms with Crippen LogP contribution in [0.15, 0.2) is 0 Å². The first kappa shape index (κ1) is 22.4. The van der Waals surface area contributed by atoms with Crippen LogP contribution in [0.1, 0.15) is 0 Å². The van der Waals surface area contributed by atoms with Gasteiger partial charge in [0.25, 0.3) is 0 Å². The Balaban J connectivity index is -0.0000000150. The zero-order chi connectivity index (χ0) is 3.58. The van der Waals surface area contributed by atoms with Crippen LogP contribution in [0.25, 0.3) is 0 Å². The molecule has 30 valence electrons. The van der Waals surface area contributed by atoms with Crippen LogP contribution < -0.4 is 0 Å². The van der Waals surface area contributed by atoms with Gasteiger partial charge in [0.1, 0.15) is 0 Å². The van der Waals surface area contributed by atoms with E-state index in [0.717, 1.165) is 0 Å². The van der Waals surface area contributed by atoms with Crippen LogP contribution in [0.4, 0.5) is 0 Å². The molecular formula is BS3Tl3. The van der Waals surface area contributed by atoms with Crippen molar-refractivity contribution in [2.75, 3.05) is 0 Å². The summed E-state index contributed by atoms with van der Waals surface area (Å²) in [4.78, 5) is 0. The van der Waals surface area contributed by atoms with Crippen molar-refractivity contribution in [3.05, 3.63) is 0 Å². The van der Waals surface area contributed by atoms with Crippen molar-refractivity contribution in [3.8, 4) is 0 Å². The number of hydrogen-bond acceptors (Lipinski definition) is 3. The van der Waals surface area contributed by atoms with Crippen LogP contribution in [0.3, 0.4) is 0 Å². The molecular weight excluding hydrogens is 720 g/mol. The molecule has 0 saturated heterocycles. The van der Waals surface area contributed by atoms with Gasteiger partial charge in [0.05, 0.1) is 0 Å². The van der Waals surface area contributed by atoms with Gasteiger partial charge >= 0.3 is 81.9 Å². The zero-order valence-electron chi connectivity index (χ0n) is 3.53. The van der Waals surface area contributed by atoms with Crippen LogP contribution >= 0.6 is 0 Å². The van der Waals surface area contributed by atoms with Gasteiger partial charge in [-0.05, 0) is 0 Å². The summed E-state index contributed by atoms with van der Waals surface area (Å²) in [5.74, 6) is 0. The normalized spacial score (nSPS) is 3.86. The van der Waals surface area contributed by atoms with Gasteiger partial charge in [-0.2, -0.15) is 0 Å². The summed E-state index contributed by atoms with van der Waals surface area (Å²) in [6.45, 7) is 0. The molecule has 0 amide bonds. The van der Waals surface area contributed by atoms with Crippen LogP contribution in [0.2, 0.25) is 0 Å². The SMILES string of the molecule is [S-]B([S-])[S-].[Tl+].[Tl+].[Tl+]. The zero-order valence-corrected chi connectivity index (χ0v) is 19.5. The maximum absolute atomic E-state index is 4.25. The Morgan fingerprint density at radius 1 is 0.714 bits per heavy atom. The quantitative estimate of drug-likeness (QED) is 0.221. The summed E-state index contributed by atoms with van der Waals surface area (Å²) in [5, 5.41) is 0. The maximum Gasteiger partial charge on any atom is 1.00 e. The predicted molar refractivity (Wildman–Crippen MR) is 45.1 cm³/mol. The summed E-state index contributed by atoms with van der Waals surface area (Å²) in [6.07, 6.45) is 0. The molecule has 0 aromatic rings. The smallest absolute Gasteiger partial charge is 0.872 e. The largest absolute Gasteiger partial charge is 1.00 e. The molecule has 0 aromatic carbocycles. The van der Waals surface area contributed by atoms with E-state index in [2.05, 4.69) is 37.4 Å². The molecule has 0 heterocycles. The number of rotatable bonds is 0. The molecule has 0 atom stereocenters. The average Bonchev–Trinajstić information content (AvgIpc) is 0.811. The third kappa shape index (κ3) is 40.7. The molecule has 0 radical (unpaired) electrons. The first-order valence-electron chi connectivity index (χ1n) is 0.707. The monoisotopic (exact) mass is 722 g/mol. The fourth-order valence-corrected chi connectivity index (χ4v) is 0. The first-order chi connectivity index (χ1) is 1.73. The van der Waals surface area contributed by atoms with Crippen LogP contribution in [-0.4, -0.2) is 86.4 Å². The molecule has 0 aliphatic carbocycles. The molecule has 0 fully saturated rings. The first-order valence-corrected chi connectivity index (χ1v) is 2.12. The third-order valence-corrected chi connectivity index (χ3v) is 0. The van der Waals surface area contributed by atoms with Gasteiger partial charge in [-0.1, -0.05) is 0 Å². The van der Waals surface area contributed by atoms with E-state index in [1.165, 1.54) is 0 Å². The van der Waals surface area contributed by atoms with Gasteiger partial charge in [-0.3, -0.25) is 0 Å². The van der Waals surface area contributed by atoms with Crippen molar-refractivity contribution in [1.29, 1.82) is 0 Å². The summed E-state index contributed by atoms with van der Waals surface area (Å²) in [7, 11) is 0. The van der Waals surface area contributed by atoms with E-state index in [9.17, 15) is 0 Å². The van der Waals surface area contributed by atoms with Crippen molar-refractivity contribution in [1.82, 2.24) is 0 Å². The Morgan fingerprint density at radius 2 is 0.714 bits per heavy atom. The molecule has 7 heteroatoms. The van der Waals surface area contributed by atoms with E-state index in [4.69, 9.17) is 0 Å². The van der Waals surface area contributed by atoms with Gasteiger partial charge in [0.15, 0.2) is 0 Å². The minimum atomic E-state index is -0.417. The van der Waals surface area contributed by atoms with Crippen molar-refractivity contribution in [2.24, 2.45) is 0 Å². The second-order valence-corrected chi connectivity index (χ2v) is 2.60. The van der Waals surface area contributed by atoms with E-state index < -0.39 is 4.55 Å². The summed E-state index contributed by atoms with van der Waals surface area (Å²) in [6, 6.07) is 0. The van der Waals surface area contributed by atoms with Crippen molar-refractivity contribution < 1.29 is 0 Å². The molecule has 7 heavy (non-hydrogen) atoms. The third-order valence-electron chi connectivity index (χ3n) is 0. The van der Waals surface area contributed by atoms with Crippen LogP contribution in [0, 0.1) is 0 Å². The molecule has 0 aromatic heterocycles. The molecule has 0 bridgehead atoms. The summed E-state index contributed by atoms with van der Waals surface area (Å²) in [5.41, 5.74) is 0. The minimum Gasteiger partial charge on any atom is -0.872 e. The van der Waals surface area contributed by atoms with Gasteiger partial charge in [-0.25, -0.2) is 0 Å². The maximum atomic E-state index is 4.25. The molecule has 0 unspecified atom stereocenters. The fraction of sp³-hybridized carbons (Fsp3) is 0. The topological polar surface area (TPSA) is 0 Å². The summed E-state index contributed by atoms with van der Waals surface area (Å²) >= 11 is 12.8. The van der Waals surface area contributed by atoms with Gasteiger partial charge in [-0.15, -0.1) is 0 Å². The van der Waals surface area contributed by atoms with Crippen molar-refractivity contribution in [2.45, 2.75) is 0 Å². The van der Waals surface area contributed by atoms with E-state index in [1.807, 2.05) is 0 Å². The Hall–Kier alpha value is 3.88. The van der Waals surface area contributed by atoms with Gasteiger partial charge < -0.3 is 42.0 Å². The molecule has 0 saturated carbocycles. The standard InChI is InChI=1S/BS3.3Tl/c2-1(3)4;;;/q-3;3*+1. The Kier molecular flexibility index (Phi) is 52.8. The van der Waals surface area contributed by atoms with Gasteiger partial charge in [0, 0.05) is 0 Å². The molecule has 0 rings (SSSR count). The Morgan fingerprint density at radius 3 is 0.714 bits per heavy atom. The molecule has 0 spiro atoms. The number of hydrogen-bond donors (Lipinski definition) is 0. The Labute approximate surface area is 121 Å². The van der Waals surface area contributed by atoms with Gasteiger partial charge in [0.2, 0.25) is 0 Å². The van der Waals surface area contributed by atoms with Crippen LogP contribution in [0.5, 0.6) is 0 Å². The average molecular weight is 720 g/mol. The van der Waals surface area contributed by atoms with Crippen LogP contribution in [-0.2, 0) is 37.4 Å². The van der Waals surface area contributed by atoms with Crippen molar-refractivity contribution in [3.63, 3.8) is 0 Å². The minimum absolute atomic E-state index is 0. The molecule has 0 N–H and O–H groups in total. The molecule has 0 aliphatic heterocycles. The van der Waals surface area contributed by atoms with E-state index in [-0.39, 0.29) is 81.9 Å². The second kappa shape index (κ2) is 16.5. The van der Waals surface area contributed by atoms with Crippen molar-refractivity contribution >= 4 is 124 Å². The predicted octanol–water partition coefficient (Wildman–Crippen LogP) is -1.53. The van der Waals surface area contributed by atoms with E-state index >= 15 is 0 Å². The second-order valence-electron chi connectivity index (χ2n) is 0.289. The summed E-state index contributed by atoms with van der Waals surface area (Å²) < 4.78 is -0.417. The molecule has 0 nitrogen and oxygen atoms in total. The Bertz CT molecular complexity index is 14.9. The molecule has 0 aliphatic rings. The van der Waals surface area contributed by atoms with E-state index in [0.29, 0.717) is 0 Å². The van der Waals surface area contributed by atoms with E-state index in [1.54, 1.807) is 0 Å².